The Morgan fingerprint density at radius 3 is 2.85 bits per heavy atom. The molecule has 1 aromatic rings. The predicted molar refractivity (Wildman–Crippen MR) is 72.7 cm³/mol. The van der Waals surface area contributed by atoms with Gasteiger partial charge in [-0.2, -0.15) is 0 Å². The van der Waals surface area contributed by atoms with Crippen molar-refractivity contribution < 1.29 is 18.6 Å². The lowest BCUT2D eigenvalue weighted by molar-refractivity contribution is 0.0518. The molecule has 2 rings (SSSR count). The quantitative estimate of drug-likeness (QED) is 0.874. The summed E-state index contributed by atoms with van der Waals surface area (Å²) in [7, 11) is 0. The number of likely N-dealkylation sites (N-methyl/N-ethyl adjacent to an activating group) is 1. The third kappa shape index (κ3) is 3.46. The molecule has 0 aromatic heterocycles. The fourth-order valence-electron chi connectivity index (χ4n) is 2.89. The summed E-state index contributed by atoms with van der Waals surface area (Å²) >= 11 is 0. The molecule has 1 fully saturated rings. The van der Waals surface area contributed by atoms with Crippen LogP contribution in [0.4, 0.5) is 8.78 Å². The van der Waals surface area contributed by atoms with E-state index in [0.717, 1.165) is 37.9 Å². The average molecular weight is 285 g/mol. The largest absolute Gasteiger partial charge is 0.490 e. The first-order valence-electron chi connectivity index (χ1n) is 7.06. The third-order valence-corrected chi connectivity index (χ3v) is 3.85. The molecule has 112 valence electrons. The molecule has 0 spiro atoms. The molecule has 1 saturated carbocycles. The van der Waals surface area contributed by atoms with Crippen LogP contribution in [-0.4, -0.2) is 29.9 Å². The Labute approximate surface area is 117 Å². The zero-order valence-electron chi connectivity index (χ0n) is 11.7. The number of hydrogen-bond donors (Lipinski definition) is 2. The van der Waals surface area contributed by atoms with Crippen LogP contribution < -0.4 is 10.1 Å². The van der Waals surface area contributed by atoms with Crippen molar-refractivity contribution >= 4 is 0 Å². The van der Waals surface area contributed by atoms with Gasteiger partial charge in [-0.1, -0.05) is 6.92 Å². The van der Waals surface area contributed by atoms with Gasteiger partial charge in [0, 0.05) is 18.0 Å². The van der Waals surface area contributed by atoms with Crippen LogP contribution in [0, 0.1) is 11.6 Å². The standard InChI is InChI=1S/C15H21F2NO2/c1-2-18-15(10-19)7-3-4-12(9-15)20-11-5-6-13(16)14(17)8-11/h5-6,8,12,18-19H,2-4,7,9-10H2,1H3. The van der Waals surface area contributed by atoms with Gasteiger partial charge in [-0.25, -0.2) is 8.78 Å². The van der Waals surface area contributed by atoms with Crippen molar-refractivity contribution in [3.05, 3.63) is 29.8 Å². The van der Waals surface area contributed by atoms with E-state index in [1.165, 1.54) is 6.07 Å². The summed E-state index contributed by atoms with van der Waals surface area (Å²) in [4.78, 5) is 0. The zero-order chi connectivity index (χ0) is 14.6. The van der Waals surface area contributed by atoms with Gasteiger partial charge in [-0.15, -0.1) is 0 Å². The van der Waals surface area contributed by atoms with Crippen molar-refractivity contribution in [1.82, 2.24) is 5.32 Å². The molecule has 0 bridgehead atoms. The van der Waals surface area contributed by atoms with Crippen LogP contribution in [0.3, 0.4) is 0 Å². The second-order valence-corrected chi connectivity index (χ2v) is 5.38. The number of benzene rings is 1. The maximum absolute atomic E-state index is 13.2. The van der Waals surface area contributed by atoms with Crippen molar-refractivity contribution in [3.63, 3.8) is 0 Å². The molecule has 3 nitrogen and oxygen atoms in total. The molecule has 1 aliphatic rings. The van der Waals surface area contributed by atoms with E-state index in [-0.39, 0.29) is 18.2 Å². The van der Waals surface area contributed by atoms with Gasteiger partial charge in [0.2, 0.25) is 0 Å². The van der Waals surface area contributed by atoms with Crippen LogP contribution in [0.25, 0.3) is 0 Å². The Bertz CT molecular complexity index is 451. The van der Waals surface area contributed by atoms with E-state index in [0.29, 0.717) is 12.2 Å². The van der Waals surface area contributed by atoms with Crippen molar-refractivity contribution in [1.29, 1.82) is 0 Å². The highest BCUT2D eigenvalue weighted by molar-refractivity contribution is 5.24. The van der Waals surface area contributed by atoms with Crippen molar-refractivity contribution in [2.24, 2.45) is 0 Å². The van der Waals surface area contributed by atoms with E-state index >= 15 is 0 Å². The molecule has 1 aliphatic carbocycles. The molecule has 2 N–H and O–H groups in total. The minimum absolute atomic E-state index is 0.0540. The van der Waals surface area contributed by atoms with E-state index in [1.54, 1.807) is 0 Å². The Kier molecular flexibility index (Phi) is 4.94. The van der Waals surface area contributed by atoms with Crippen LogP contribution in [0.1, 0.15) is 32.6 Å². The highest BCUT2D eigenvalue weighted by atomic mass is 19.2. The molecule has 1 aromatic carbocycles. The number of hydrogen-bond acceptors (Lipinski definition) is 3. The van der Waals surface area contributed by atoms with Gasteiger partial charge < -0.3 is 15.2 Å². The van der Waals surface area contributed by atoms with Gasteiger partial charge in [0.1, 0.15) is 11.9 Å². The summed E-state index contributed by atoms with van der Waals surface area (Å²) < 4.78 is 31.8. The second-order valence-electron chi connectivity index (χ2n) is 5.38. The van der Waals surface area contributed by atoms with E-state index in [4.69, 9.17) is 4.74 Å². The molecule has 2 unspecified atom stereocenters. The maximum atomic E-state index is 13.2. The molecule has 0 radical (unpaired) electrons. The number of aliphatic hydroxyl groups is 1. The summed E-state index contributed by atoms with van der Waals surface area (Å²) in [5, 5.41) is 12.9. The highest BCUT2D eigenvalue weighted by Crippen LogP contribution is 2.31. The first-order chi connectivity index (χ1) is 9.58. The lowest BCUT2D eigenvalue weighted by Gasteiger charge is -2.40. The summed E-state index contributed by atoms with van der Waals surface area (Å²) in [6.45, 7) is 2.83. The van der Waals surface area contributed by atoms with Gasteiger partial charge >= 0.3 is 0 Å². The molecule has 2 atom stereocenters. The highest BCUT2D eigenvalue weighted by Gasteiger charge is 2.36. The van der Waals surface area contributed by atoms with Gasteiger partial charge in [-0.3, -0.25) is 0 Å². The van der Waals surface area contributed by atoms with Crippen LogP contribution in [0.15, 0.2) is 18.2 Å². The topological polar surface area (TPSA) is 41.5 Å². The van der Waals surface area contributed by atoms with E-state index < -0.39 is 11.6 Å². The minimum atomic E-state index is -0.904. The van der Waals surface area contributed by atoms with Crippen molar-refractivity contribution in [2.45, 2.75) is 44.2 Å². The lowest BCUT2D eigenvalue weighted by Crippen LogP contribution is -2.53. The minimum Gasteiger partial charge on any atom is -0.490 e. The van der Waals surface area contributed by atoms with Crippen LogP contribution in [0.5, 0.6) is 5.75 Å². The average Bonchev–Trinajstić information content (AvgIpc) is 2.44. The molecule has 0 saturated heterocycles. The molecule has 5 heteroatoms. The lowest BCUT2D eigenvalue weighted by atomic mass is 9.80. The fourth-order valence-corrected chi connectivity index (χ4v) is 2.89. The summed E-state index contributed by atoms with van der Waals surface area (Å²) in [6, 6.07) is 3.57. The second kappa shape index (κ2) is 6.50. The Morgan fingerprint density at radius 1 is 1.40 bits per heavy atom. The Balaban J connectivity index is 2.03. The molecule has 0 amide bonds. The predicted octanol–water partition coefficient (Wildman–Crippen LogP) is 2.63. The fraction of sp³-hybridized carbons (Fsp3) is 0.600. The van der Waals surface area contributed by atoms with Gasteiger partial charge in [0.15, 0.2) is 11.6 Å². The summed E-state index contributed by atoms with van der Waals surface area (Å²) in [6.07, 6.45) is 3.25. The first-order valence-corrected chi connectivity index (χ1v) is 7.06. The smallest absolute Gasteiger partial charge is 0.162 e. The number of ether oxygens (including phenoxy) is 1. The van der Waals surface area contributed by atoms with Crippen LogP contribution >= 0.6 is 0 Å². The molecule has 0 aliphatic heterocycles. The van der Waals surface area contributed by atoms with Crippen molar-refractivity contribution in [2.75, 3.05) is 13.2 Å². The zero-order valence-corrected chi connectivity index (χ0v) is 11.7. The van der Waals surface area contributed by atoms with Gasteiger partial charge in [-0.05, 0) is 37.9 Å². The van der Waals surface area contributed by atoms with Crippen LogP contribution in [0.2, 0.25) is 0 Å². The Hall–Kier alpha value is -1.20. The Morgan fingerprint density at radius 2 is 2.20 bits per heavy atom. The maximum Gasteiger partial charge on any atom is 0.162 e. The SMILES string of the molecule is CCNC1(CO)CCCC(Oc2ccc(F)c(F)c2)C1. The van der Waals surface area contributed by atoms with Gasteiger partial charge in [0.05, 0.1) is 6.61 Å². The van der Waals surface area contributed by atoms with Crippen LogP contribution in [-0.2, 0) is 0 Å². The number of rotatable bonds is 5. The summed E-state index contributed by atoms with van der Waals surface area (Å²) in [5.41, 5.74) is -0.323. The third-order valence-electron chi connectivity index (χ3n) is 3.85. The number of nitrogens with one attached hydrogen (secondary N) is 1. The monoisotopic (exact) mass is 285 g/mol. The normalized spacial score (nSPS) is 26.5. The summed E-state index contributed by atoms with van der Waals surface area (Å²) in [5.74, 6) is -1.45. The molecular formula is C15H21F2NO2. The molecule has 0 heterocycles. The first kappa shape index (κ1) is 15.2. The van der Waals surface area contributed by atoms with E-state index in [2.05, 4.69) is 5.32 Å². The van der Waals surface area contributed by atoms with E-state index in [9.17, 15) is 13.9 Å². The molecule has 20 heavy (non-hydrogen) atoms. The van der Waals surface area contributed by atoms with Gasteiger partial charge in [0.25, 0.3) is 0 Å². The van der Waals surface area contributed by atoms with Crippen molar-refractivity contribution in [3.8, 4) is 5.75 Å². The molecular weight excluding hydrogens is 264 g/mol. The number of aliphatic hydroxyl groups excluding tert-OH is 1. The number of halogens is 2. The van der Waals surface area contributed by atoms with E-state index in [1.807, 2.05) is 6.92 Å².